The molecule has 0 saturated heterocycles. The molecule has 1 fully saturated rings. The third kappa shape index (κ3) is 5.53. The first-order valence-electron chi connectivity index (χ1n) is 9.49. The SMILES string of the molecule is CC(C)(C)C(C(=O)O)[C@@H](CCCC1CCCCC1)c1nc(CO)no1. The van der Waals surface area contributed by atoms with Crippen LogP contribution in [0.3, 0.4) is 0 Å². The first-order valence-corrected chi connectivity index (χ1v) is 9.49. The maximum absolute atomic E-state index is 12.0. The fraction of sp³-hybridized carbons (Fsp3) is 0.842. The van der Waals surface area contributed by atoms with Crippen molar-refractivity contribution in [2.45, 2.75) is 84.7 Å². The fourth-order valence-corrected chi connectivity index (χ4v) is 4.16. The van der Waals surface area contributed by atoms with E-state index in [4.69, 9.17) is 4.52 Å². The minimum atomic E-state index is -0.834. The van der Waals surface area contributed by atoms with E-state index >= 15 is 0 Å². The van der Waals surface area contributed by atoms with Gasteiger partial charge in [0.1, 0.15) is 6.61 Å². The van der Waals surface area contributed by atoms with Crippen LogP contribution in [0.5, 0.6) is 0 Å². The van der Waals surface area contributed by atoms with Gasteiger partial charge in [0.25, 0.3) is 0 Å². The molecular weight excluding hydrogens is 320 g/mol. The average molecular weight is 352 g/mol. The Bertz CT molecular complexity index is 544. The number of rotatable bonds is 8. The van der Waals surface area contributed by atoms with Crippen LogP contribution in [0.2, 0.25) is 0 Å². The summed E-state index contributed by atoms with van der Waals surface area (Å²) in [6.07, 6.45) is 9.38. The molecule has 0 bridgehead atoms. The Morgan fingerprint density at radius 2 is 1.96 bits per heavy atom. The Labute approximate surface area is 150 Å². The fourth-order valence-electron chi connectivity index (χ4n) is 4.16. The van der Waals surface area contributed by atoms with Gasteiger partial charge in [-0.2, -0.15) is 4.98 Å². The Morgan fingerprint density at radius 3 is 2.48 bits per heavy atom. The quantitative estimate of drug-likeness (QED) is 0.730. The van der Waals surface area contributed by atoms with Gasteiger partial charge in [-0.15, -0.1) is 0 Å². The molecule has 0 radical (unpaired) electrons. The van der Waals surface area contributed by atoms with Crippen LogP contribution in [-0.2, 0) is 11.4 Å². The molecule has 6 heteroatoms. The zero-order chi connectivity index (χ0) is 18.4. The van der Waals surface area contributed by atoms with Crippen LogP contribution in [0.25, 0.3) is 0 Å². The van der Waals surface area contributed by atoms with E-state index in [1.165, 1.54) is 32.1 Å². The van der Waals surface area contributed by atoms with Crippen LogP contribution in [0, 0.1) is 17.3 Å². The molecule has 1 aromatic rings. The molecule has 142 valence electrons. The van der Waals surface area contributed by atoms with Crippen molar-refractivity contribution in [1.82, 2.24) is 10.1 Å². The number of aliphatic hydroxyl groups is 1. The van der Waals surface area contributed by atoms with E-state index in [9.17, 15) is 15.0 Å². The van der Waals surface area contributed by atoms with E-state index < -0.39 is 17.3 Å². The highest BCUT2D eigenvalue weighted by molar-refractivity contribution is 5.72. The molecule has 0 aliphatic heterocycles. The summed E-state index contributed by atoms with van der Waals surface area (Å²) < 4.78 is 5.30. The number of aliphatic hydroxyl groups excluding tert-OH is 1. The highest BCUT2D eigenvalue weighted by Gasteiger charge is 2.41. The highest BCUT2D eigenvalue weighted by Crippen LogP contribution is 2.41. The van der Waals surface area contributed by atoms with Crippen molar-refractivity contribution in [3.8, 4) is 0 Å². The zero-order valence-corrected chi connectivity index (χ0v) is 15.7. The topological polar surface area (TPSA) is 96.5 Å². The van der Waals surface area contributed by atoms with Crippen LogP contribution in [-0.4, -0.2) is 26.3 Å². The van der Waals surface area contributed by atoms with Gasteiger partial charge in [0, 0.05) is 0 Å². The van der Waals surface area contributed by atoms with Crippen LogP contribution < -0.4 is 0 Å². The average Bonchev–Trinajstić information content (AvgIpc) is 3.02. The number of aliphatic carboxylic acids is 1. The lowest BCUT2D eigenvalue weighted by atomic mass is 9.71. The van der Waals surface area contributed by atoms with Crippen molar-refractivity contribution in [2.24, 2.45) is 17.3 Å². The number of hydrogen-bond acceptors (Lipinski definition) is 5. The molecular formula is C19H32N2O4. The van der Waals surface area contributed by atoms with Gasteiger partial charge >= 0.3 is 5.97 Å². The second-order valence-corrected chi connectivity index (χ2v) is 8.43. The largest absolute Gasteiger partial charge is 0.481 e. The summed E-state index contributed by atoms with van der Waals surface area (Å²) in [4.78, 5) is 16.2. The molecule has 2 rings (SSSR count). The van der Waals surface area contributed by atoms with Crippen molar-refractivity contribution >= 4 is 5.97 Å². The van der Waals surface area contributed by atoms with Gasteiger partial charge in [0.2, 0.25) is 5.89 Å². The van der Waals surface area contributed by atoms with Gasteiger partial charge in [-0.1, -0.05) is 70.9 Å². The molecule has 0 aromatic carbocycles. The summed E-state index contributed by atoms with van der Waals surface area (Å²) in [5, 5.41) is 22.7. The number of carbonyl (C=O) groups is 1. The predicted molar refractivity (Wildman–Crippen MR) is 94.0 cm³/mol. The number of nitrogens with zero attached hydrogens (tertiary/aromatic N) is 2. The Balaban J connectivity index is 2.11. The first kappa shape index (κ1) is 19.9. The second kappa shape index (κ2) is 8.79. The van der Waals surface area contributed by atoms with Crippen molar-refractivity contribution in [1.29, 1.82) is 0 Å². The van der Waals surface area contributed by atoms with Crippen LogP contribution in [0.1, 0.15) is 89.8 Å². The molecule has 1 aliphatic carbocycles. The Morgan fingerprint density at radius 1 is 1.28 bits per heavy atom. The highest BCUT2D eigenvalue weighted by atomic mass is 16.5. The van der Waals surface area contributed by atoms with Gasteiger partial charge in [-0.25, -0.2) is 0 Å². The molecule has 1 aromatic heterocycles. The lowest BCUT2D eigenvalue weighted by molar-refractivity contribution is -0.147. The van der Waals surface area contributed by atoms with Gasteiger partial charge in [0.05, 0.1) is 11.8 Å². The smallest absolute Gasteiger partial charge is 0.307 e. The normalized spacial score (nSPS) is 18.9. The summed E-state index contributed by atoms with van der Waals surface area (Å²) in [6.45, 7) is 5.50. The van der Waals surface area contributed by atoms with Gasteiger partial charge in [-0.05, 0) is 17.8 Å². The standard InChI is InChI=1S/C19H32N2O4/c1-19(2,3)16(18(23)24)14(17-20-15(12-22)21-25-17)11-7-10-13-8-5-4-6-9-13/h13-14,16,22H,4-12H2,1-3H3,(H,23,24)/t14-,16?/m1/s1. The molecule has 25 heavy (non-hydrogen) atoms. The molecule has 6 nitrogen and oxygen atoms in total. The third-order valence-corrected chi connectivity index (χ3v) is 5.40. The van der Waals surface area contributed by atoms with Crippen LogP contribution >= 0.6 is 0 Å². The van der Waals surface area contributed by atoms with Gasteiger partial charge in [-0.3, -0.25) is 4.79 Å². The number of aromatic nitrogens is 2. The number of carboxylic acid groups (broad SMARTS) is 1. The van der Waals surface area contributed by atoms with Crippen molar-refractivity contribution in [3.63, 3.8) is 0 Å². The van der Waals surface area contributed by atoms with E-state index in [2.05, 4.69) is 10.1 Å². The van der Waals surface area contributed by atoms with E-state index in [-0.39, 0.29) is 18.3 Å². The predicted octanol–water partition coefficient (Wildman–Crippen LogP) is 4.14. The van der Waals surface area contributed by atoms with Crippen LogP contribution in [0.4, 0.5) is 0 Å². The lowest BCUT2D eigenvalue weighted by Gasteiger charge is -2.32. The molecule has 1 heterocycles. The lowest BCUT2D eigenvalue weighted by Crippen LogP contribution is -2.34. The molecule has 2 N–H and O–H groups in total. The van der Waals surface area contributed by atoms with E-state index in [0.29, 0.717) is 5.89 Å². The number of hydrogen-bond donors (Lipinski definition) is 2. The summed E-state index contributed by atoms with van der Waals surface area (Å²) in [5.41, 5.74) is -0.421. The summed E-state index contributed by atoms with van der Waals surface area (Å²) >= 11 is 0. The molecule has 1 unspecified atom stereocenters. The monoisotopic (exact) mass is 352 g/mol. The molecule has 1 saturated carbocycles. The van der Waals surface area contributed by atoms with E-state index in [0.717, 1.165) is 25.2 Å². The molecule has 1 aliphatic rings. The Hall–Kier alpha value is -1.43. The van der Waals surface area contributed by atoms with Crippen molar-refractivity contribution in [3.05, 3.63) is 11.7 Å². The second-order valence-electron chi connectivity index (χ2n) is 8.43. The maximum Gasteiger partial charge on any atom is 0.307 e. The van der Waals surface area contributed by atoms with E-state index in [1.807, 2.05) is 20.8 Å². The number of carboxylic acids is 1. The van der Waals surface area contributed by atoms with Crippen LogP contribution in [0.15, 0.2) is 4.52 Å². The summed E-state index contributed by atoms with van der Waals surface area (Å²) in [7, 11) is 0. The third-order valence-electron chi connectivity index (χ3n) is 5.40. The van der Waals surface area contributed by atoms with Crippen molar-refractivity contribution in [2.75, 3.05) is 0 Å². The summed E-state index contributed by atoms with van der Waals surface area (Å²) in [5.74, 6) is -0.443. The zero-order valence-electron chi connectivity index (χ0n) is 15.7. The summed E-state index contributed by atoms with van der Waals surface area (Å²) in [6, 6.07) is 0. The molecule has 0 spiro atoms. The maximum atomic E-state index is 12.0. The van der Waals surface area contributed by atoms with Gasteiger partial charge < -0.3 is 14.7 Å². The van der Waals surface area contributed by atoms with Crippen molar-refractivity contribution < 1.29 is 19.5 Å². The first-order chi connectivity index (χ1) is 11.8. The van der Waals surface area contributed by atoms with Gasteiger partial charge in [0.15, 0.2) is 5.82 Å². The molecule has 0 amide bonds. The Kier molecular flexibility index (Phi) is 6.99. The minimum absolute atomic E-state index is 0.213. The van der Waals surface area contributed by atoms with E-state index in [1.54, 1.807) is 0 Å². The molecule has 2 atom stereocenters. The minimum Gasteiger partial charge on any atom is -0.481 e.